The van der Waals surface area contributed by atoms with E-state index in [4.69, 9.17) is 0 Å². The summed E-state index contributed by atoms with van der Waals surface area (Å²) >= 11 is 0. The van der Waals surface area contributed by atoms with Crippen LogP contribution in [0.3, 0.4) is 0 Å². The third-order valence-corrected chi connectivity index (χ3v) is 4.68. The van der Waals surface area contributed by atoms with Crippen molar-refractivity contribution in [2.75, 3.05) is 6.54 Å². The van der Waals surface area contributed by atoms with Gasteiger partial charge in [0.25, 0.3) is 5.91 Å². The summed E-state index contributed by atoms with van der Waals surface area (Å²) in [6, 6.07) is 23.6. The number of nitrogens with one attached hydrogen (secondary N) is 1. The Labute approximate surface area is 169 Å². The Hall–Kier alpha value is -3.67. The zero-order chi connectivity index (χ0) is 20.1. The Balaban J connectivity index is 1.54. The van der Waals surface area contributed by atoms with Gasteiger partial charge in [-0.15, -0.1) is 0 Å². The molecule has 4 aromatic rings. The SMILES string of the molecule is CC(CNC(=O)c1cc(-c2ccccc2)n(-c2ccccc2)n1)Cn1cccn1. The molecule has 0 fully saturated rings. The lowest BCUT2D eigenvalue weighted by Crippen LogP contribution is -2.30. The number of rotatable bonds is 7. The summed E-state index contributed by atoms with van der Waals surface area (Å²) in [6.07, 6.45) is 3.68. The minimum atomic E-state index is -0.177. The topological polar surface area (TPSA) is 64.7 Å². The molecule has 0 spiro atoms. The molecule has 0 bridgehead atoms. The van der Waals surface area contributed by atoms with Gasteiger partial charge in [-0.1, -0.05) is 55.5 Å². The molecule has 2 aromatic heterocycles. The third kappa shape index (κ3) is 4.43. The molecule has 2 aromatic carbocycles. The number of hydrogen-bond acceptors (Lipinski definition) is 3. The normalized spacial score (nSPS) is 11.9. The maximum absolute atomic E-state index is 12.8. The van der Waals surface area contributed by atoms with Crippen molar-refractivity contribution in [1.29, 1.82) is 0 Å². The lowest BCUT2D eigenvalue weighted by molar-refractivity contribution is 0.0941. The van der Waals surface area contributed by atoms with E-state index in [1.54, 1.807) is 6.20 Å². The van der Waals surface area contributed by atoms with E-state index >= 15 is 0 Å². The highest BCUT2D eigenvalue weighted by molar-refractivity contribution is 5.93. The number of benzene rings is 2. The summed E-state index contributed by atoms with van der Waals surface area (Å²) in [5.41, 5.74) is 3.21. The number of amides is 1. The van der Waals surface area contributed by atoms with Crippen LogP contribution in [0, 0.1) is 5.92 Å². The average Bonchev–Trinajstić information content (AvgIpc) is 3.43. The molecule has 0 radical (unpaired) electrons. The molecule has 146 valence electrons. The third-order valence-electron chi connectivity index (χ3n) is 4.68. The van der Waals surface area contributed by atoms with Crippen molar-refractivity contribution in [3.8, 4) is 16.9 Å². The standard InChI is InChI=1S/C23H23N5O/c1-18(17-27-14-8-13-25-27)16-24-23(29)21-15-22(19-9-4-2-5-10-19)28(26-21)20-11-6-3-7-12-20/h2-15,18H,16-17H2,1H3,(H,24,29). The van der Waals surface area contributed by atoms with Crippen LogP contribution in [0.15, 0.2) is 85.2 Å². The van der Waals surface area contributed by atoms with Crippen molar-refractivity contribution in [3.63, 3.8) is 0 Å². The molecule has 1 unspecified atom stereocenters. The second-order valence-electron chi connectivity index (χ2n) is 7.07. The van der Waals surface area contributed by atoms with Gasteiger partial charge in [-0.2, -0.15) is 10.2 Å². The monoisotopic (exact) mass is 385 g/mol. The number of para-hydroxylation sites is 1. The van der Waals surface area contributed by atoms with Crippen molar-refractivity contribution < 1.29 is 4.79 Å². The van der Waals surface area contributed by atoms with E-state index in [1.165, 1.54) is 0 Å². The van der Waals surface area contributed by atoms with Gasteiger partial charge >= 0.3 is 0 Å². The van der Waals surface area contributed by atoms with Crippen LogP contribution >= 0.6 is 0 Å². The number of carbonyl (C=O) groups is 1. The zero-order valence-corrected chi connectivity index (χ0v) is 16.3. The number of carbonyl (C=O) groups excluding carboxylic acids is 1. The molecule has 4 rings (SSSR count). The lowest BCUT2D eigenvalue weighted by atomic mass is 10.1. The van der Waals surface area contributed by atoms with Gasteiger partial charge < -0.3 is 5.32 Å². The van der Waals surface area contributed by atoms with Crippen LogP contribution in [0.4, 0.5) is 0 Å². The van der Waals surface area contributed by atoms with Crippen molar-refractivity contribution in [2.24, 2.45) is 5.92 Å². The molecule has 1 N–H and O–H groups in total. The number of hydrogen-bond donors (Lipinski definition) is 1. The number of nitrogens with zero attached hydrogens (tertiary/aromatic N) is 4. The highest BCUT2D eigenvalue weighted by Gasteiger charge is 2.17. The summed E-state index contributed by atoms with van der Waals surface area (Å²) in [6.45, 7) is 3.39. The minimum Gasteiger partial charge on any atom is -0.350 e. The van der Waals surface area contributed by atoms with E-state index in [-0.39, 0.29) is 11.8 Å². The lowest BCUT2D eigenvalue weighted by Gasteiger charge is -2.12. The van der Waals surface area contributed by atoms with Crippen molar-refractivity contribution in [1.82, 2.24) is 24.9 Å². The van der Waals surface area contributed by atoms with Gasteiger partial charge in [-0.05, 0) is 30.2 Å². The Morgan fingerprint density at radius 1 is 1.03 bits per heavy atom. The molecular weight excluding hydrogens is 362 g/mol. The maximum atomic E-state index is 12.8. The average molecular weight is 385 g/mol. The van der Waals surface area contributed by atoms with Gasteiger partial charge in [0.1, 0.15) is 0 Å². The first-order valence-corrected chi connectivity index (χ1v) is 9.67. The fourth-order valence-corrected chi connectivity index (χ4v) is 3.22. The molecular formula is C23H23N5O. The van der Waals surface area contributed by atoms with Gasteiger partial charge in [-0.3, -0.25) is 9.48 Å². The van der Waals surface area contributed by atoms with Crippen molar-refractivity contribution in [3.05, 3.63) is 90.9 Å². The Bertz CT molecular complexity index is 998. The van der Waals surface area contributed by atoms with Gasteiger partial charge in [-0.25, -0.2) is 4.68 Å². The molecule has 1 amide bonds. The van der Waals surface area contributed by atoms with Gasteiger partial charge in [0.05, 0.1) is 11.4 Å². The van der Waals surface area contributed by atoms with Crippen LogP contribution in [0.5, 0.6) is 0 Å². The molecule has 2 heterocycles. The molecule has 0 aliphatic rings. The first-order chi connectivity index (χ1) is 14.2. The molecule has 0 saturated carbocycles. The Morgan fingerprint density at radius 2 is 1.76 bits per heavy atom. The second kappa shape index (κ2) is 8.56. The van der Waals surface area contributed by atoms with Crippen LogP contribution < -0.4 is 5.32 Å². The maximum Gasteiger partial charge on any atom is 0.271 e. The molecule has 0 saturated heterocycles. The summed E-state index contributed by atoms with van der Waals surface area (Å²) in [5.74, 6) is 0.0767. The van der Waals surface area contributed by atoms with Crippen LogP contribution in [0.2, 0.25) is 0 Å². The first kappa shape index (κ1) is 18.7. The van der Waals surface area contributed by atoms with E-state index in [9.17, 15) is 4.79 Å². The van der Waals surface area contributed by atoms with E-state index in [2.05, 4.69) is 22.4 Å². The van der Waals surface area contributed by atoms with Crippen molar-refractivity contribution >= 4 is 5.91 Å². The predicted octanol–water partition coefficient (Wildman–Crippen LogP) is 3.80. The van der Waals surface area contributed by atoms with Crippen molar-refractivity contribution in [2.45, 2.75) is 13.5 Å². The van der Waals surface area contributed by atoms with E-state index in [0.29, 0.717) is 12.2 Å². The molecule has 29 heavy (non-hydrogen) atoms. The molecule has 0 aliphatic heterocycles. The van der Waals surface area contributed by atoms with Gasteiger partial charge in [0.2, 0.25) is 0 Å². The summed E-state index contributed by atoms with van der Waals surface area (Å²) in [5, 5.41) is 11.8. The number of aromatic nitrogens is 4. The van der Waals surface area contributed by atoms with Gasteiger partial charge in [0.15, 0.2) is 5.69 Å². The van der Waals surface area contributed by atoms with Crippen LogP contribution in [0.25, 0.3) is 16.9 Å². The summed E-state index contributed by atoms with van der Waals surface area (Å²) in [4.78, 5) is 12.8. The van der Waals surface area contributed by atoms with E-state index < -0.39 is 0 Å². The Morgan fingerprint density at radius 3 is 2.45 bits per heavy atom. The first-order valence-electron chi connectivity index (χ1n) is 9.67. The second-order valence-corrected chi connectivity index (χ2v) is 7.07. The fraction of sp³-hybridized carbons (Fsp3) is 0.174. The Kier molecular flexibility index (Phi) is 5.52. The molecule has 6 nitrogen and oxygen atoms in total. The van der Waals surface area contributed by atoms with Crippen LogP contribution in [-0.4, -0.2) is 32.0 Å². The van der Waals surface area contributed by atoms with Gasteiger partial charge in [0, 0.05) is 31.0 Å². The molecule has 0 aliphatic carbocycles. The van der Waals surface area contributed by atoms with E-state index in [0.717, 1.165) is 23.5 Å². The fourth-order valence-electron chi connectivity index (χ4n) is 3.22. The smallest absolute Gasteiger partial charge is 0.271 e. The highest BCUT2D eigenvalue weighted by atomic mass is 16.1. The molecule has 6 heteroatoms. The highest BCUT2D eigenvalue weighted by Crippen LogP contribution is 2.24. The van der Waals surface area contributed by atoms with Crippen LogP contribution in [-0.2, 0) is 6.54 Å². The summed E-state index contributed by atoms with van der Waals surface area (Å²) in [7, 11) is 0. The predicted molar refractivity (Wildman–Crippen MR) is 113 cm³/mol. The minimum absolute atomic E-state index is 0.177. The summed E-state index contributed by atoms with van der Waals surface area (Å²) < 4.78 is 3.69. The van der Waals surface area contributed by atoms with Crippen LogP contribution in [0.1, 0.15) is 17.4 Å². The zero-order valence-electron chi connectivity index (χ0n) is 16.3. The quantitative estimate of drug-likeness (QED) is 0.526. The largest absolute Gasteiger partial charge is 0.350 e. The van der Waals surface area contributed by atoms with E-state index in [1.807, 2.05) is 88.4 Å². The molecule has 1 atom stereocenters.